The van der Waals surface area contributed by atoms with E-state index in [-0.39, 0.29) is 55.1 Å². The Bertz CT molecular complexity index is 1490. The average molecular weight is 723 g/mol. The van der Waals surface area contributed by atoms with Crippen LogP contribution in [0.3, 0.4) is 0 Å². The quantitative estimate of drug-likeness (QED) is 0.152. The van der Waals surface area contributed by atoms with Crippen molar-refractivity contribution in [1.29, 1.82) is 0 Å². The lowest BCUT2D eigenvalue weighted by Gasteiger charge is -2.37. The Kier molecular flexibility index (Phi) is 11.5. The summed E-state index contributed by atoms with van der Waals surface area (Å²) < 4.78 is 12.9. The molecule has 1 unspecified atom stereocenters. The highest BCUT2D eigenvalue weighted by atomic mass is 79.9. The molecule has 256 valence electrons. The number of fused-ring (bicyclic) bond motifs is 1. The van der Waals surface area contributed by atoms with E-state index in [2.05, 4.69) is 34.4 Å². The molecule has 2 aromatic carbocycles. The number of rotatable bonds is 16. The van der Waals surface area contributed by atoms with Crippen molar-refractivity contribution in [2.24, 2.45) is 11.8 Å². The van der Waals surface area contributed by atoms with Gasteiger partial charge in [0.05, 0.1) is 24.0 Å². The number of allylic oxidation sites excluding steroid dienone is 1. The summed E-state index contributed by atoms with van der Waals surface area (Å²) in [6.07, 6.45) is 3.12. The summed E-state index contributed by atoms with van der Waals surface area (Å²) in [5, 5.41) is 12.7. The minimum atomic E-state index is -1.28. The standard InChI is InChI=1S/C37H44BrN3O7/c1-4-6-18-28(43)39-24(3)31(26-16-11-8-12-17-26)47-36(46)29-30-34(44)41(20-13-21-42)33(37(30)22-27(38)32(29)48-37)35(45)40(19-5-2)23-25-14-9-7-10-15-25/h4-5,7-12,14-17,24,27,29-33,42H,1-2,6,13,18-23H2,3H3,(H,39,43)/t24-,27?,29+,30-,31-,32+,33+,37-/m1/s1. The largest absolute Gasteiger partial charge is 0.455 e. The van der Waals surface area contributed by atoms with Gasteiger partial charge in [0, 0.05) is 37.5 Å². The third-order valence-corrected chi connectivity index (χ3v) is 10.4. The van der Waals surface area contributed by atoms with Crippen LogP contribution in [-0.2, 0) is 35.2 Å². The maximum atomic E-state index is 14.6. The Labute approximate surface area is 290 Å². The van der Waals surface area contributed by atoms with Gasteiger partial charge < -0.3 is 29.7 Å². The summed E-state index contributed by atoms with van der Waals surface area (Å²) in [6.45, 7) is 9.80. The first-order chi connectivity index (χ1) is 23.2. The summed E-state index contributed by atoms with van der Waals surface area (Å²) in [4.78, 5) is 58.7. The lowest BCUT2D eigenvalue weighted by Crippen LogP contribution is -2.56. The molecular formula is C37H44BrN3O7. The van der Waals surface area contributed by atoms with Crippen molar-refractivity contribution in [1.82, 2.24) is 15.1 Å². The fourth-order valence-electron chi connectivity index (χ4n) is 7.46. The zero-order valence-electron chi connectivity index (χ0n) is 27.2. The number of hydrogen-bond acceptors (Lipinski definition) is 7. The Hall–Kier alpha value is -3.80. The number of aliphatic hydroxyl groups is 1. The molecule has 3 aliphatic heterocycles. The van der Waals surface area contributed by atoms with Gasteiger partial charge in [-0.15, -0.1) is 13.2 Å². The minimum absolute atomic E-state index is 0.125. The summed E-state index contributed by atoms with van der Waals surface area (Å²) in [6, 6.07) is 17.1. The van der Waals surface area contributed by atoms with E-state index in [1.165, 1.54) is 4.90 Å². The van der Waals surface area contributed by atoms with Gasteiger partial charge in [0.2, 0.25) is 17.7 Å². The van der Waals surface area contributed by atoms with Gasteiger partial charge in [-0.2, -0.15) is 0 Å². The van der Waals surface area contributed by atoms with Crippen LogP contribution in [0.25, 0.3) is 0 Å². The second-order valence-corrected chi connectivity index (χ2v) is 13.9. The van der Waals surface area contributed by atoms with Crippen LogP contribution in [0.15, 0.2) is 86.0 Å². The van der Waals surface area contributed by atoms with Crippen LogP contribution in [0.1, 0.15) is 49.8 Å². The van der Waals surface area contributed by atoms with Gasteiger partial charge in [-0.1, -0.05) is 88.7 Å². The number of carbonyl (C=O) groups excluding carboxylic acids is 4. The molecule has 48 heavy (non-hydrogen) atoms. The molecule has 3 heterocycles. The first-order valence-electron chi connectivity index (χ1n) is 16.5. The molecular weight excluding hydrogens is 678 g/mol. The molecule has 0 aromatic heterocycles. The van der Waals surface area contributed by atoms with E-state index < -0.39 is 47.7 Å². The molecule has 3 fully saturated rings. The normalized spacial score (nSPS) is 26.8. The number of hydrogen-bond donors (Lipinski definition) is 2. The molecule has 2 aromatic rings. The molecule has 3 amide bonds. The topological polar surface area (TPSA) is 125 Å². The smallest absolute Gasteiger partial charge is 0.313 e. The van der Waals surface area contributed by atoms with Crippen LogP contribution in [0.5, 0.6) is 0 Å². The first kappa shape index (κ1) is 35.5. The number of aliphatic hydroxyl groups excluding tert-OH is 1. The number of amides is 3. The van der Waals surface area contributed by atoms with Crippen LogP contribution in [-0.4, -0.2) is 86.9 Å². The molecule has 1 spiro atoms. The number of ether oxygens (including phenoxy) is 2. The van der Waals surface area contributed by atoms with Gasteiger partial charge in [-0.05, 0) is 37.3 Å². The maximum Gasteiger partial charge on any atom is 0.313 e. The molecule has 2 bridgehead atoms. The van der Waals surface area contributed by atoms with Crippen molar-refractivity contribution in [3.05, 3.63) is 97.1 Å². The van der Waals surface area contributed by atoms with E-state index in [1.807, 2.05) is 60.7 Å². The minimum Gasteiger partial charge on any atom is -0.455 e. The van der Waals surface area contributed by atoms with E-state index in [9.17, 15) is 24.3 Å². The lowest BCUT2D eigenvalue weighted by atomic mass is 9.70. The van der Waals surface area contributed by atoms with Crippen molar-refractivity contribution in [3.63, 3.8) is 0 Å². The molecule has 11 heteroatoms. The van der Waals surface area contributed by atoms with Crippen LogP contribution in [0.2, 0.25) is 0 Å². The summed E-state index contributed by atoms with van der Waals surface area (Å²) in [5.74, 6) is -3.47. The van der Waals surface area contributed by atoms with Crippen molar-refractivity contribution in [2.75, 3.05) is 19.7 Å². The van der Waals surface area contributed by atoms with E-state index in [0.717, 1.165) is 5.56 Å². The van der Waals surface area contributed by atoms with Gasteiger partial charge in [0.25, 0.3) is 0 Å². The molecule has 0 radical (unpaired) electrons. The number of halogens is 1. The fraction of sp³-hybridized carbons (Fsp3) is 0.459. The molecule has 2 N–H and O–H groups in total. The summed E-state index contributed by atoms with van der Waals surface area (Å²) in [5.41, 5.74) is 0.324. The van der Waals surface area contributed by atoms with Crippen LogP contribution in [0.4, 0.5) is 0 Å². The van der Waals surface area contributed by atoms with Gasteiger partial charge in [-0.25, -0.2) is 0 Å². The Balaban J connectivity index is 1.47. The van der Waals surface area contributed by atoms with Crippen molar-refractivity contribution >= 4 is 39.6 Å². The SMILES string of the molecule is C=CCCC(=O)N[C@H](C)[C@@H](OC(=O)[C@@H]1[C@H]2O[C@@]3(CC2Br)[C@H](C(=O)N(CC=C)Cc2ccccc2)N(CCCO)C(=O)[C@@H]13)c1ccccc1. The number of alkyl halides is 1. The van der Waals surface area contributed by atoms with Gasteiger partial charge in [0.15, 0.2) is 0 Å². The van der Waals surface area contributed by atoms with Gasteiger partial charge >= 0.3 is 5.97 Å². The maximum absolute atomic E-state index is 14.6. The third-order valence-electron chi connectivity index (χ3n) is 9.52. The van der Waals surface area contributed by atoms with E-state index in [1.54, 1.807) is 24.0 Å². The van der Waals surface area contributed by atoms with Crippen LogP contribution in [0, 0.1) is 11.8 Å². The van der Waals surface area contributed by atoms with Crippen molar-refractivity contribution in [3.8, 4) is 0 Å². The Morgan fingerprint density at radius 3 is 2.48 bits per heavy atom. The predicted octanol–water partition coefficient (Wildman–Crippen LogP) is 4.09. The Morgan fingerprint density at radius 1 is 1.15 bits per heavy atom. The number of benzene rings is 2. The van der Waals surface area contributed by atoms with Crippen LogP contribution >= 0.6 is 15.9 Å². The number of nitrogens with zero attached hydrogens (tertiary/aromatic N) is 2. The predicted molar refractivity (Wildman–Crippen MR) is 183 cm³/mol. The highest BCUT2D eigenvalue weighted by Gasteiger charge is 2.77. The molecule has 8 atom stereocenters. The molecule has 3 aliphatic rings. The monoisotopic (exact) mass is 721 g/mol. The molecule has 0 saturated carbocycles. The molecule has 5 rings (SSSR count). The molecule has 3 saturated heterocycles. The first-order valence-corrected chi connectivity index (χ1v) is 17.4. The van der Waals surface area contributed by atoms with E-state index >= 15 is 0 Å². The van der Waals surface area contributed by atoms with Crippen LogP contribution < -0.4 is 5.32 Å². The number of nitrogens with one attached hydrogen (secondary N) is 1. The number of esters is 1. The second kappa shape index (κ2) is 15.6. The Morgan fingerprint density at radius 2 is 1.83 bits per heavy atom. The van der Waals surface area contributed by atoms with Gasteiger partial charge in [-0.3, -0.25) is 19.2 Å². The van der Waals surface area contributed by atoms with Gasteiger partial charge in [0.1, 0.15) is 17.7 Å². The number of likely N-dealkylation sites (tertiary alicyclic amines) is 1. The fourth-order valence-corrected chi connectivity index (χ4v) is 8.41. The van der Waals surface area contributed by atoms with E-state index in [4.69, 9.17) is 9.47 Å². The molecule has 0 aliphatic carbocycles. The zero-order chi connectivity index (χ0) is 34.4. The highest BCUT2D eigenvalue weighted by molar-refractivity contribution is 9.09. The zero-order valence-corrected chi connectivity index (χ0v) is 28.8. The highest BCUT2D eigenvalue weighted by Crippen LogP contribution is 2.60. The molecule has 10 nitrogen and oxygen atoms in total. The number of carbonyl (C=O) groups is 4. The summed E-state index contributed by atoms with van der Waals surface area (Å²) in [7, 11) is 0. The average Bonchev–Trinajstić information content (AvgIpc) is 3.68. The van der Waals surface area contributed by atoms with Crippen molar-refractivity contribution in [2.45, 2.75) is 73.9 Å². The summed E-state index contributed by atoms with van der Waals surface area (Å²) >= 11 is 3.71. The third kappa shape index (κ3) is 6.99. The second-order valence-electron chi connectivity index (χ2n) is 12.7. The van der Waals surface area contributed by atoms with E-state index in [0.29, 0.717) is 24.9 Å². The lowest BCUT2D eigenvalue weighted by molar-refractivity contribution is -0.162. The van der Waals surface area contributed by atoms with Crippen molar-refractivity contribution < 1.29 is 33.8 Å².